The summed E-state index contributed by atoms with van der Waals surface area (Å²) in [5.74, 6) is 2.79. The lowest BCUT2D eigenvalue weighted by atomic mass is 9.87. The molecule has 172 valence electrons. The molecule has 0 aliphatic heterocycles. The first kappa shape index (κ1) is 22.9. The number of aryl methyl sites for hydroxylation is 3. The molecule has 0 saturated carbocycles. The highest BCUT2D eigenvalue weighted by molar-refractivity contribution is 5.75. The lowest BCUT2D eigenvalue weighted by Gasteiger charge is -2.19. The van der Waals surface area contributed by atoms with E-state index in [-0.39, 0.29) is 5.41 Å². The van der Waals surface area contributed by atoms with Gasteiger partial charge in [0.15, 0.2) is 0 Å². The van der Waals surface area contributed by atoms with E-state index in [9.17, 15) is 0 Å². The van der Waals surface area contributed by atoms with Crippen LogP contribution in [0.5, 0.6) is 11.5 Å². The molecule has 0 atom stereocenters. The van der Waals surface area contributed by atoms with E-state index < -0.39 is 0 Å². The summed E-state index contributed by atoms with van der Waals surface area (Å²) in [7, 11) is 0. The van der Waals surface area contributed by atoms with Gasteiger partial charge in [0.1, 0.15) is 23.9 Å². The zero-order chi connectivity index (χ0) is 23.4. The second kappa shape index (κ2) is 9.70. The summed E-state index contributed by atoms with van der Waals surface area (Å²) in [6.07, 6.45) is 0.890. The Morgan fingerprint density at radius 3 is 2.21 bits per heavy atom. The minimum absolute atomic E-state index is 0.130. The number of para-hydroxylation sites is 3. The van der Waals surface area contributed by atoms with Crippen LogP contribution in [0.2, 0.25) is 0 Å². The molecule has 4 nitrogen and oxygen atoms in total. The highest BCUT2D eigenvalue weighted by Gasteiger charge is 2.14. The Kier molecular flexibility index (Phi) is 6.73. The van der Waals surface area contributed by atoms with Crippen molar-refractivity contribution in [2.24, 2.45) is 0 Å². The molecular weight excluding hydrogens is 408 g/mol. The molecule has 0 amide bonds. The molecule has 0 radical (unpaired) electrons. The van der Waals surface area contributed by atoms with E-state index in [0.29, 0.717) is 13.2 Å². The monoisotopic (exact) mass is 442 g/mol. The highest BCUT2D eigenvalue weighted by Crippen LogP contribution is 2.26. The van der Waals surface area contributed by atoms with Gasteiger partial charge in [-0.25, -0.2) is 4.98 Å². The molecule has 0 N–H and O–H groups in total. The summed E-state index contributed by atoms with van der Waals surface area (Å²) in [5.41, 5.74) is 5.90. The molecule has 0 unspecified atom stereocenters. The number of benzene rings is 3. The molecule has 1 heterocycles. The highest BCUT2D eigenvalue weighted by atomic mass is 16.5. The van der Waals surface area contributed by atoms with Gasteiger partial charge in [-0.3, -0.25) is 0 Å². The first-order chi connectivity index (χ1) is 15.8. The Labute approximate surface area is 197 Å². The molecule has 1 aromatic heterocycles. The maximum Gasteiger partial charge on any atom is 0.147 e. The minimum Gasteiger partial charge on any atom is -0.493 e. The van der Waals surface area contributed by atoms with Crippen LogP contribution in [0.1, 0.15) is 49.7 Å². The van der Waals surface area contributed by atoms with E-state index >= 15 is 0 Å². The summed E-state index contributed by atoms with van der Waals surface area (Å²) < 4.78 is 14.5. The van der Waals surface area contributed by atoms with Crippen molar-refractivity contribution in [1.29, 1.82) is 0 Å². The van der Waals surface area contributed by atoms with Gasteiger partial charge in [0.05, 0.1) is 17.6 Å². The summed E-state index contributed by atoms with van der Waals surface area (Å²) in [4.78, 5) is 4.85. The number of ether oxygens (including phenoxy) is 2. The molecule has 33 heavy (non-hydrogen) atoms. The number of fused-ring (bicyclic) bond motifs is 1. The zero-order valence-electron chi connectivity index (χ0n) is 20.4. The van der Waals surface area contributed by atoms with Crippen LogP contribution in [-0.2, 0) is 18.6 Å². The van der Waals surface area contributed by atoms with Crippen molar-refractivity contribution in [3.05, 3.63) is 89.2 Å². The van der Waals surface area contributed by atoms with Crippen molar-refractivity contribution in [1.82, 2.24) is 9.55 Å². The Hall–Kier alpha value is -3.27. The van der Waals surface area contributed by atoms with Gasteiger partial charge in [-0.15, -0.1) is 0 Å². The molecule has 0 aliphatic carbocycles. The SMILES string of the molecule is Cc1cccc(C)c1OCCCn1c(COc2ccc(C(C)(C)C)cc2)nc2ccccc21. The molecule has 0 spiro atoms. The Morgan fingerprint density at radius 2 is 1.52 bits per heavy atom. The largest absolute Gasteiger partial charge is 0.493 e. The molecule has 3 aromatic carbocycles. The van der Waals surface area contributed by atoms with Crippen molar-refractivity contribution in [3.63, 3.8) is 0 Å². The van der Waals surface area contributed by atoms with Gasteiger partial charge in [-0.2, -0.15) is 0 Å². The Bertz CT molecular complexity index is 1200. The topological polar surface area (TPSA) is 36.3 Å². The smallest absolute Gasteiger partial charge is 0.147 e. The van der Waals surface area contributed by atoms with Crippen LogP contribution in [0.15, 0.2) is 66.7 Å². The van der Waals surface area contributed by atoms with E-state index in [2.05, 4.69) is 87.7 Å². The van der Waals surface area contributed by atoms with Crippen molar-refractivity contribution in [3.8, 4) is 11.5 Å². The fourth-order valence-corrected chi connectivity index (χ4v) is 4.11. The van der Waals surface area contributed by atoms with Crippen molar-refractivity contribution in [2.75, 3.05) is 6.61 Å². The average Bonchev–Trinajstić information content (AvgIpc) is 3.14. The number of rotatable bonds is 8. The molecular formula is C29H34N2O2. The molecule has 0 aliphatic rings. The lowest BCUT2D eigenvalue weighted by Crippen LogP contribution is -2.11. The summed E-state index contributed by atoms with van der Waals surface area (Å²) in [6.45, 7) is 12.8. The Morgan fingerprint density at radius 1 is 0.818 bits per heavy atom. The van der Waals surface area contributed by atoms with Crippen LogP contribution < -0.4 is 9.47 Å². The molecule has 0 fully saturated rings. The van der Waals surface area contributed by atoms with Gasteiger partial charge < -0.3 is 14.0 Å². The van der Waals surface area contributed by atoms with Gasteiger partial charge in [0.25, 0.3) is 0 Å². The first-order valence-corrected chi connectivity index (χ1v) is 11.7. The van der Waals surface area contributed by atoms with E-state index in [4.69, 9.17) is 14.5 Å². The number of imidazole rings is 1. The van der Waals surface area contributed by atoms with Gasteiger partial charge in [-0.1, -0.05) is 63.2 Å². The average molecular weight is 443 g/mol. The van der Waals surface area contributed by atoms with Crippen LogP contribution in [0.25, 0.3) is 11.0 Å². The minimum atomic E-state index is 0.130. The van der Waals surface area contributed by atoms with E-state index in [1.165, 1.54) is 16.7 Å². The third-order valence-corrected chi connectivity index (χ3v) is 6.00. The lowest BCUT2D eigenvalue weighted by molar-refractivity contribution is 0.279. The first-order valence-electron chi connectivity index (χ1n) is 11.7. The quantitative estimate of drug-likeness (QED) is 0.276. The second-order valence-electron chi connectivity index (χ2n) is 9.65. The summed E-state index contributed by atoms with van der Waals surface area (Å²) >= 11 is 0. The normalized spacial score (nSPS) is 11.7. The standard InChI is InChI=1S/C29H34N2O2/c1-21-10-8-11-22(2)28(21)32-19-9-18-31-26-13-7-6-12-25(26)30-27(31)20-33-24-16-14-23(15-17-24)29(3,4)5/h6-8,10-17H,9,18-20H2,1-5H3. The number of aromatic nitrogens is 2. The van der Waals surface area contributed by atoms with Crippen LogP contribution in [-0.4, -0.2) is 16.2 Å². The van der Waals surface area contributed by atoms with Gasteiger partial charge in [0.2, 0.25) is 0 Å². The van der Waals surface area contributed by atoms with Gasteiger partial charge in [-0.05, 0) is 66.6 Å². The fraction of sp³-hybridized carbons (Fsp3) is 0.345. The predicted octanol–water partition coefficient (Wildman–Crippen LogP) is 7.00. The number of hydrogen-bond acceptors (Lipinski definition) is 3. The van der Waals surface area contributed by atoms with Crippen LogP contribution in [0, 0.1) is 13.8 Å². The summed E-state index contributed by atoms with van der Waals surface area (Å²) in [6, 6.07) is 22.9. The molecule has 4 aromatic rings. The fourth-order valence-electron chi connectivity index (χ4n) is 4.11. The van der Waals surface area contributed by atoms with Gasteiger partial charge >= 0.3 is 0 Å². The summed E-state index contributed by atoms with van der Waals surface area (Å²) in [5, 5.41) is 0. The molecule has 4 heteroatoms. The number of nitrogens with zero attached hydrogens (tertiary/aromatic N) is 2. The number of hydrogen-bond donors (Lipinski definition) is 0. The Balaban J connectivity index is 1.44. The molecule has 4 rings (SSSR count). The third-order valence-electron chi connectivity index (χ3n) is 6.00. The third kappa shape index (κ3) is 5.39. The van der Waals surface area contributed by atoms with Crippen LogP contribution in [0.3, 0.4) is 0 Å². The van der Waals surface area contributed by atoms with E-state index in [1.54, 1.807) is 0 Å². The zero-order valence-corrected chi connectivity index (χ0v) is 20.4. The van der Waals surface area contributed by atoms with Gasteiger partial charge in [0, 0.05) is 6.54 Å². The van der Waals surface area contributed by atoms with Crippen LogP contribution in [0.4, 0.5) is 0 Å². The predicted molar refractivity (Wildman–Crippen MR) is 135 cm³/mol. The molecule has 0 saturated heterocycles. The van der Waals surface area contributed by atoms with E-state index in [0.717, 1.165) is 41.3 Å². The van der Waals surface area contributed by atoms with Crippen molar-refractivity contribution in [2.45, 2.75) is 59.6 Å². The van der Waals surface area contributed by atoms with Crippen molar-refractivity contribution >= 4 is 11.0 Å². The van der Waals surface area contributed by atoms with Crippen molar-refractivity contribution < 1.29 is 9.47 Å². The van der Waals surface area contributed by atoms with E-state index in [1.807, 2.05) is 18.2 Å². The maximum absolute atomic E-state index is 6.12. The maximum atomic E-state index is 6.12. The van der Waals surface area contributed by atoms with Crippen LogP contribution >= 0.6 is 0 Å². The molecule has 0 bridgehead atoms. The second-order valence-corrected chi connectivity index (χ2v) is 9.65.